The van der Waals surface area contributed by atoms with E-state index < -0.39 is 0 Å². The molecule has 0 bridgehead atoms. The van der Waals surface area contributed by atoms with Crippen molar-refractivity contribution in [3.63, 3.8) is 0 Å². The molecule has 2 N–H and O–H groups in total. The maximum Gasteiger partial charge on any atom is 0.144 e. The summed E-state index contributed by atoms with van der Waals surface area (Å²) in [6.07, 6.45) is 0. The number of ether oxygens (including phenoxy) is 2. The molecule has 0 fully saturated rings. The van der Waals surface area contributed by atoms with Gasteiger partial charge in [-0.1, -0.05) is 97.1 Å². The van der Waals surface area contributed by atoms with E-state index in [0.29, 0.717) is 66.5 Å². The van der Waals surface area contributed by atoms with Crippen molar-refractivity contribution >= 4 is 87.0 Å². The minimum Gasteiger partial charge on any atom is -0.507 e. The summed E-state index contributed by atoms with van der Waals surface area (Å²) in [5.74, 6) is 1.42. The lowest BCUT2D eigenvalue weighted by atomic mass is 9.88. The van der Waals surface area contributed by atoms with Gasteiger partial charge in [0.15, 0.2) is 0 Å². The van der Waals surface area contributed by atoms with Crippen LogP contribution >= 0.6 is 0 Å². The molecule has 0 saturated heterocycles. The number of rotatable bonds is 3. The summed E-state index contributed by atoms with van der Waals surface area (Å²) in [7, 11) is 3.30. The molecule has 6 nitrogen and oxygen atoms in total. The number of phenols is 2. The number of methoxy groups -OCH3 is 2. The minimum atomic E-state index is 0.0295. The van der Waals surface area contributed by atoms with E-state index in [0.717, 1.165) is 43.1 Å². The van der Waals surface area contributed by atoms with Gasteiger partial charge in [-0.05, 0) is 12.1 Å². The molecule has 0 unspecified atom stereocenters. The van der Waals surface area contributed by atoms with Gasteiger partial charge in [0.2, 0.25) is 0 Å². The molecule has 10 aromatic rings. The minimum absolute atomic E-state index is 0.0295. The fourth-order valence-corrected chi connectivity index (χ4v) is 7.75. The third-order valence-electron chi connectivity index (χ3n) is 9.83. The zero-order valence-corrected chi connectivity index (χ0v) is 25.9. The number of furan rings is 2. The van der Waals surface area contributed by atoms with E-state index in [1.807, 2.05) is 109 Å². The largest absolute Gasteiger partial charge is 0.507 e. The van der Waals surface area contributed by atoms with E-state index in [2.05, 4.69) is 0 Å². The third kappa shape index (κ3) is 3.31. The van der Waals surface area contributed by atoms with E-state index in [1.165, 1.54) is 0 Å². The van der Waals surface area contributed by atoms with Crippen LogP contribution in [0.2, 0.25) is 0 Å². The first-order valence-corrected chi connectivity index (χ1v) is 15.7. The Labute approximate surface area is 272 Å². The van der Waals surface area contributed by atoms with Crippen LogP contribution in [0, 0.1) is 0 Å². The maximum absolute atomic E-state index is 12.4. The summed E-state index contributed by atoms with van der Waals surface area (Å²) in [5.41, 5.74) is 3.43. The van der Waals surface area contributed by atoms with Gasteiger partial charge in [0.25, 0.3) is 0 Å². The van der Waals surface area contributed by atoms with Crippen LogP contribution in [0.4, 0.5) is 0 Å². The Morgan fingerprint density at radius 3 is 1.06 bits per heavy atom. The molecule has 0 aliphatic carbocycles. The molecule has 2 aromatic heterocycles. The Morgan fingerprint density at radius 2 is 0.708 bits per heavy atom. The van der Waals surface area contributed by atoms with Crippen molar-refractivity contribution < 1.29 is 28.5 Å². The highest BCUT2D eigenvalue weighted by Crippen LogP contribution is 2.56. The Bertz CT molecular complexity index is 2800. The summed E-state index contributed by atoms with van der Waals surface area (Å²) >= 11 is 0. The van der Waals surface area contributed by atoms with E-state index in [4.69, 9.17) is 18.3 Å². The van der Waals surface area contributed by atoms with Crippen LogP contribution in [-0.2, 0) is 0 Å². The monoisotopic (exact) mass is 626 g/mol. The average Bonchev–Trinajstić information content (AvgIpc) is 3.72. The van der Waals surface area contributed by atoms with E-state index in [-0.39, 0.29) is 11.5 Å². The lowest BCUT2D eigenvalue weighted by Crippen LogP contribution is -1.90. The molecule has 0 atom stereocenters. The second kappa shape index (κ2) is 9.56. The molecule has 10 rings (SSSR count). The van der Waals surface area contributed by atoms with Crippen molar-refractivity contribution in [3.8, 4) is 34.1 Å². The van der Waals surface area contributed by atoms with Gasteiger partial charge in [-0.25, -0.2) is 0 Å². The van der Waals surface area contributed by atoms with E-state index in [9.17, 15) is 10.2 Å². The van der Waals surface area contributed by atoms with Crippen molar-refractivity contribution in [3.05, 3.63) is 109 Å². The first-order valence-electron chi connectivity index (χ1n) is 15.7. The van der Waals surface area contributed by atoms with Gasteiger partial charge in [0.05, 0.1) is 14.2 Å². The second-order valence-corrected chi connectivity index (χ2v) is 12.2. The quantitative estimate of drug-likeness (QED) is 0.203. The Morgan fingerprint density at radius 1 is 0.396 bits per heavy atom. The standard InChI is InChI=1S/C42H26O6/c1-45-31-19-29-33-35(37(43)23-13-5-9-17-27(23)41(33)47-39(29)25-15-7-3-11-21(25)31)36-34-30-20-32(46-2)22-12-4-8-16-26(22)40(30)48-42(34)28-18-10-6-14-24(28)38(36)44/h3-20,43-44H,1-2H3. The van der Waals surface area contributed by atoms with Gasteiger partial charge in [-0.3, -0.25) is 0 Å². The normalized spacial score (nSPS) is 12.1. The maximum atomic E-state index is 12.4. The molecule has 0 aliphatic rings. The number of phenolic OH excluding ortho intramolecular Hbond substituents is 2. The summed E-state index contributed by atoms with van der Waals surface area (Å²) in [6, 6.07) is 35.1. The number of hydrogen-bond acceptors (Lipinski definition) is 6. The number of aromatic hydroxyl groups is 2. The van der Waals surface area contributed by atoms with Crippen molar-refractivity contribution in [2.75, 3.05) is 14.2 Å². The van der Waals surface area contributed by atoms with Crippen LogP contribution in [0.15, 0.2) is 118 Å². The SMILES string of the molecule is COc1cc2c(oc3c4ccccc4c(O)c(-c4c(O)c5ccccc5c5oc6c7ccccc7c(OC)cc6c45)c23)c2ccccc12. The van der Waals surface area contributed by atoms with Gasteiger partial charge in [-0.15, -0.1) is 0 Å². The molecule has 0 saturated carbocycles. The lowest BCUT2D eigenvalue weighted by Gasteiger charge is -2.16. The first kappa shape index (κ1) is 26.8. The summed E-state index contributed by atoms with van der Waals surface area (Å²) < 4.78 is 25.4. The summed E-state index contributed by atoms with van der Waals surface area (Å²) in [5, 5.41) is 34.0. The van der Waals surface area contributed by atoms with Crippen molar-refractivity contribution in [1.82, 2.24) is 0 Å². The molecular weight excluding hydrogens is 600 g/mol. The summed E-state index contributed by atoms with van der Waals surface area (Å²) in [4.78, 5) is 0. The van der Waals surface area contributed by atoms with Crippen molar-refractivity contribution in [1.29, 1.82) is 0 Å². The fraction of sp³-hybridized carbons (Fsp3) is 0.0476. The van der Waals surface area contributed by atoms with Crippen LogP contribution in [0.1, 0.15) is 0 Å². The zero-order valence-electron chi connectivity index (χ0n) is 25.9. The van der Waals surface area contributed by atoms with Crippen LogP contribution in [0.25, 0.3) is 98.1 Å². The molecule has 0 amide bonds. The molecule has 8 aromatic carbocycles. The predicted molar refractivity (Wildman–Crippen MR) is 193 cm³/mol. The predicted octanol–water partition coefficient (Wildman–Crippen LogP) is 11.2. The van der Waals surface area contributed by atoms with Crippen LogP contribution < -0.4 is 9.47 Å². The molecule has 2 heterocycles. The molecule has 0 radical (unpaired) electrons. The highest BCUT2D eigenvalue weighted by atomic mass is 16.5. The molecule has 0 aliphatic heterocycles. The number of fused-ring (bicyclic) bond motifs is 14. The third-order valence-corrected chi connectivity index (χ3v) is 9.83. The van der Waals surface area contributed by atoms with E-state index >= 15 is 0 Å². The molecule has 6 heteroatoms. The smallest absolute Gasteiger partial charge is 0.144 e. The van der Waals surface area contributed by atoms with Gasteiger partial charge < -0.3 is 28.5 Å². The first-order chi connectivity index (χ1) is 23.6. The highest BCUT2D eigenvalue weighted by Gasteiger charge is 2.30. The second-order valence-electron chi connectivity index (χ2n) is 12.2. The van der Waals surface area contributed by atoms with Crippen LogP contribution in [0.3, 0.4) is 0 Å². The average molecular weight is 627 g/mol. The lowest BCUT2D eigenvalue weighted by molar-refractivity contribution is 0.420. The molecule has 230 valence electrons. The molecular formula is C42H26O6. The Balaban J connectivity index is 1.52. The van der Waals surface area contributed by atoms with Crippen molar-refractivity contribution in [2.24, 2.45) is 0 Å². The number of hydrogen-bond donors (Lipinski definition) is 2. The van der Waals surface area contributed by atoms with Gasteiger partial charge in [0.1, 0.15) is 45.3 Å². The van der Waals surface area contributed by atoms with Gasteiger partial charge in [-0.2, -0.15) is 0 Å². The Kier molecular flexibility index (Phi) is 5.34. The number of benzene rings is 8. The summed E-state index contributed by atoms with van der Waals surface area (Å²) in [6.45, 7) is 0. The van der Waals surface area contributed by atoms with Crippen LogP contribution in [0.5, 0.6) is 23.0 Å². The van der Waals surface area contributed by atoms with Gasteiger partial charge in [0, 0.05) is 75.8 Å². The highest BCUT2D eigenvalue weighted by molar-refractivity contribution is 6.33. The van der Waals surface area contributed by atoms with Crippen LogP contribution in [-0.4, -0.2) is 24.4 Å². The topological polar surface area (TPSA) is 85.2 Å². The van der Waals surface area contributed by atoms with Crippen molar-refractivity contribution in [2.45, 2.75) is 0 Å². The van der Waals surface area contributed by atoms with E-state index in [1.54, 1.807) is 14.2 Å². The fourth-order valence-electron chi connectivity index (χ4n) is 7.75. The molecule has 48 heavy (non-hydrogen) atoms. The Hall–Kier alpha value is -6.40. The zero-order chi connectivity index (χ0) is 32.3. The molecule has 0 spiro atoms. The van der Waals surface area contributed by atoms with Gasteiger partial charge >= 0.3 is 0 Å².